The van der Waals surface area contributed by atoms with Crippen LogP contribution >= 0.6 is 0 Å². The zero-order valence-corrected chi connectivity index (χ0v) is 16.2. The summed E-state index contributed by atoms with van der Waals surface area (Å²) in [5, 5.41) is 5.51. The Morgan fingerprint density at radius 2 is 1.70 bits per heavy atom. The highest BCUT2D eigenvalue weighted by atomic mass is 16.6. The van der Waals surface area contributed by atoms with Gasteiger partial charge < -0.3 is 20.3 Å². The number of carbonyl (C=O) groups excluding carboxylic acids is 3. The highest BCUT2D eigenvalue weighted by molar-refractivity contribution is 5.94. The van der Waals surface area contributed by atoms with Gasteiger partial charge >= 0.3 is 6.09 Å². The van der Waals surface area contributed by atoms with Gasteiger partial charge in [-0.05, 0) is 24.1 Å². The van der Waals surface area contributed by atoms with Crippen LogP contribution in [0.15, 0.2) is 24.3 Å². The molecule has 2 N–H and O–H groups in total. The molecule has 1 aromatic rings. The lowest BCUT2D eigenvalue weighted by Gasteiger charge is -2.33. The van der Waals surface area contributed by atoms with Crippen molar-refractivity contribution in [3.8, 4) is 0 Å². The fourth-order valence-electron chi connectivity index (χ4n) is 2.70. The summed E-state index contributed by atoms with van der Waals surface area (Å²) in [5.41, 5.74) is 1.26. The first kappa shape index (κ1) is 20.7. The van der Waals surface area contributed by atoms with Crippen LogP contribution in [-0.4, -0.2) is 67.0 Å². The number of rotatable bonds is 6. The van der Waals surface area contributed by atoms with Crippen molar-refractivity contribution < 1.29 is 19.1 Å². The fourth-order valence-corrected chi connectivity index (χ4v) is 2.70. The average molecular weight is 376 g/mol. The third-order valence-corrected chi connectivity index (χ3v) is 4.00. The van der Waals surface area contributed by atoms with Gasteiger partial charge in [0.15, 0.2) is 0 Å². The normalized spacial score (nSPS) is 14.7. The summed E-state index contributed by atoms with van der Waals surface area (Å²) < 4.78 is 5.24. The van der Waals surface area contributed by atoms with Crippen molar-refractivity contribution in [1.29, 1.82) is 0 Å². The lowest BCUT2D eigenvalue weighted by atomic mass is 10.2. The minimum atomic E-state index is -0.289. The third-order valence-electron chi connectivity index (χ3n) is 4.00. The highest BCUT2D eigenvalue weighted by Gasteiger charge is 2.23. The standard InChI is InChI=1S/C19H28N4O4/c1-14(2)13-27-19(26)23-9-7-22(8-10-23)12-18(25)21-17-6-4-5-16(11-17)20-15(3)24/h4-6,11,14H,7-10,12-13H2,1-3H3,(H,20,24)(H,21,25). The Balaban J connectivity index is 1.76. The van der Waals surface area contributed by atoms with E-state index in [4.69, 9.17) is 4.74 Å². The molecule has 0 atom stereocenters. The number of ether oxygens (including phenoxy) is 1. The predicted molar refractivity (Wildman–Crippen MR) is 104 cm³/mol. The van der Waals surface area contributed by atoms with Crippen LogP contribution in [0.2, 0.25) is 0 Å². The molecule has 1 aliphatic heterocycles. The van der Waals surface area contributed by atoms with Crippen molar-refractivity contribution >= 4 is 29.3 Å². The maximum atomic E-state index is 12.3. The number of carbonyl (C=O) groups is 3. The lowest BCUT2D eigenvalue weighted by molar-refractivity contribution is -0.117. The van der Waals surface area contributed by atoms with Crippen molar-refractivity contribution in [2.75, 3.05) is 50.0 Å². The Morgan fingerprint density at radius 3 is 2.30 bits per heavy atom. The quantitative estimate of drug-likeness (QED) is 0.792. The zero-order valence-electron chi connectivity index (χ0n) is 16.2. The second-order valence-electron chi connectivity index (χ2n) is 7.04. The Labute approximate surface area is 159 Å². The lowest BCUT2D eigenvalue weighted by Crippen LogP contribution is -2.50. The van der Waals surface area contributed by atoms with Crippen LogP contribution in [0.5, 0.6) is 0 Å². The first-order valence-electron chi connectivity index (χ1n) is 9.15. The van der Waals surface area contributed by atoms with Gasteiger partial charge in [0.25, 0.3) is 0 Å². The van der Waals surface area contributed by atoms with Crippen molar-refractivity contribution in [3.05, 3.63) is 24.3 Å². The average Bonchev–Trinajstić information content (AvgIpc) is 2.60. The molecule has 3 amide bonds. The molecule has 0 bridgehead atoms. The van der Waals surface area contributed by atoms with E-state index in [1.165, 1.54) is 6.92 Å². The van der Waals surface area contributed by atoms with E-state index in [9.17, 15) is 14.4 Å². The topological polar surface area (TPSA) is 91.0 Å². The summed E-state index contributed by atoms with van der Waals surface area (Å²) >= 11 is 0. The van der Waals surface area contributed by atoms with Crippen molar-refractivity contribution in [3.63, 3.8) is 0 Å². The largest absolute Gasteiger partial charge is 0.449 e. The molecular formula is C19H28N4O4. The summed E-state index contributed by atoms with van der Waals surface area (Å²) in [6, 6.07) is 7.00. The second kappa shape index (κ2) is 9.91. The van der Waals surface area contributed by atoms with E-state index in [2.05, 4.69) is 10.6 Å². The number of anilines is 2. The Hall–Kier alpha value is -2.61. The maximum absolute atomic E-state index is 12.3. The number of benzene rings is 1. The fraction of sp³-hybridized carbons (Fsp3) is 0.526. The van der Waals surface area contributed by atoms with Crippen LogP contribution in [0.3, 0.4) is 0 Å². The molecule has 1 saturated heterocycles. The number of nitrogens with one attached hydrogen (secondary N) is 2. The molecule has 0 unspecified atom stereocenters. The zero-order chi connectivity index (χ0) is 19.8. The van der Waals surface area contributed by atoms with Gasteiger partial charge in [0, 0.05) is 44.5 Å². The third kappa shape index (κ3) is 7.26. The molecule has 0 radical (unpaired) electrons. The molecular weight excluding hydrogens is 348 g/mol. The molecule has 0 saturated carbocycles. The molecule has 2 rings (SSSR count). The summed E-state index contributed by atoms with van der Waals surface area (Å²) in [5.74, 6) is 0.0113. The minimum absolute atomic E-state index is 0.134. The first-order chi connectivity index (χ1) is 12.8. The molecule has 1 fully saturated rings. The van der Waals surface area contributed by atoms with Gasteiger partial charge in [-0.3, -0.25) is 14.5 Å². The van der Waals surface area contributed by atoms with Crippen LogP contribution in [0, 0.1) is 5.92 Å². The molecule has 0 aromatic heterocycles. The molecule has 148 valence electrons. The van der Waals surface area contributed by atoms with Gasteiger partial charge in [-0.1, -0.05) is 19.9 Å². The molecule has 1 aromatic carbocycles. The van der Waals surface area contributed by atoms with E-state index in [1.54, 1.807) is 29.2 Å². The Kier molecular flexibility index (Phi) is 7.60. The molecule has 1 heterocycles. The van der Waals surface area contributed by atoms with Crippen molar-refractivity contribution in [2.45, 2.75) is 20.8 Å². The van der Waals surface area contributed by atoms with Gasteiger partial charge in [0.1, 0.15) is 0 Å². The Bertz CT molecular complexity index is 669. The smallest absolute Gasteiger partial charge is 0.409 e. The van der Waals surface area contributed by atoms with E-state index < -0.39 is 0 Å². The van der Waals surface area contributed by atoms with Crippen molar-refractivity contribution in [2.24, 2.45) is 5.92 Å². The highest BCUT2D eigenvalue weighted by Crippen LogP contribution is 2.15. The van der Waals surface area contributed by atoms with E-state index in [-0.39, 0.29) is 24.5 Å². The summed E-state index contributed by atoms with van der Waals surface area (Å²) in [7, 11) is 0. The summed E-state index contributed by atoms with van der Waals surface area (Å²) in [4.78, 5) is 39.0. The van der Waals surface area contributed by atoms with Crippen LogP contribution < -0.4 is 10.6 Å². The first-order valence-corrected chi connectivity index (χ1v) is 9.15. The van der Waals surface area contributed by atoms with E-state index in [0.29, 0.717) is 50.1 Å². The predicted octanol–water partition coefficient (Wildman–Crippen LogP) is 1.99. The van der Waals surface area contributed by atoms with Crippen molar-refractivity contribution in [1.82, 2.24) is 9.80 Å². The molecule has 8 heteroatoms. The molecule has 27 heavy (non-hydrogen) atoms. The van der Waals surface area contributed by atoms with Crippen LogP contribution in [0.4, 0.5) is 16.2 Å². The van der Waals surface area contributed by atoms with Gasteiger partial charge in [-0.25, -0.2) is 4.79 Å². The summed E-state index contributed by atoms with van der Waals surface area (Å²) in [6.45, 7) is 8.42. The van der Waals surface area contributed by atoms with Gasteiger partial charge in [0.2, 0.25) is 11.8 Å². The van der Waals surface area contributed by atoms with E-state index in [0.717, 1.165) is 0 Å². The van der Waals surface area contributed by atoms with Crippen LogP contribution in [-0.2, 0) is 14.3 Å². The molecule has 1 aliphatic rings. The monoisotopic (exact) mass is 376 g/mol. The summed E-state index contributed by atoms with van der Waals surface area (Å²) in [6.07, 6.45) is -0.289. The van der Waals surface area contributed by atoms with E-state index in [1.807, 2.05) is 18.7 Å². The SMILES string of the molecule is CC(=O)Nc1cccc(NC(=O)CN2CCN(C(=O)OCC(C)C)CC2)c1. The minimum Gasteiger partial charge on any atom is -0.449 e. The van der Waals surface area contributed by atoms with E-state index >= 15 is 0 Å². The molecule has 0 spiro atoms. The number of hydrogen-bond acceptors (Lipinski definition) is 5. The number of amides is 3. The number of piperazine rings is 1. The van der Waals surface area contributed by atoms with Crippen LogP contribution in [0.25, 0.3) is 0 Å². The second-order valence-corrected chi connectivity index (χ2v) is 7.04. The van der Waals surface area contributed by atoms with Gasteiger partial charge in [0.05, 0.1) is 13.2 Å². The Morgan fingerprint density at radius 1 is 1.07 bits per heavy atom. The molecule has 8 nitrogen and oxygen atoms in total. The van der Waals surface area contributed by atoms with Crippen LogP contribution in [0.1, 0.15) is 20.8 Å². The van der Waals surface area contributed by atoms with Gasteiger partial charge in [-0.2, -0.15) is 0 Å². The van der Waals surface area contributed by atoms with Gasteiger partial charge in [-0.15, -0.1) is 0 Å². The number of nitrogens with zero attached hydrogens (tertiary/aromatic N) is 2. The maximum Gasteiger partial charge on any atom is 0.409 e. The number of hydrogen-bond donors (Lipinski definition) is 2. The molecule has 0 aliphatic carbocycles.